The highest BCUT2D eigenvalue weighted by molar-refractivity contribution is 5.95. The normalized spacial score (nSPS) is 11.4. The van der Waals surface area contributed by atoms with Gasteiger partial charge in [-0.15, -0.1) is 0 Å². The Labute approximate surface area is 136 Å². The van der Waals surface area contributed by atoms with Gasteiger partial charge >= 0.3 is 0 Å². The van der Waals surface area contributed by atoms with E-state index in [-0.39, 0.29) is 5.91 Å². The highest BCUT2D eigenvalue weighted by Crippen LogP contribution is 2.23. The van der Waals surface area contributed by atoms with Gasteiger partial charge in [-0.05, 0) is 42.7 Å². The molecule has 0 saturated carbocycles. The molecule has 4 heteroatoms. The Kier molecular flexibility index (Phi) is 5.37. The van der Waals surface area contributed by atoms with Gasteiger partial charge in [-0.25, -0.2) is 0 Å². The van der Waals surface area contributed by atoms with Gasteiger partial charge < -0.3 is 10.1 Å². The number of ether oxygens (including phenoxy) is 1. The van der Waals surface area contributed by atoms with Crippen LogP contribution in [0.3, 0.4) is 0 Å². The van der Waals surface area contributed by atoms with Crippen molar-refractivity contribution >= 4 is 11.6 Å². The number of methoxy groups -OCH3 is 1. The molecular weight excluding hydrogens is 288 g/mol. The van der Waals surface area contributed by atoms with E-state index in [2.05, 4.69) is 11.4 Å². The summed E-state index contributed by atoms with van der Waals surface area (Å²) in [4.78, 5) is 12.4. The SMILES string of the molecule is COc1ccccc1CC(C#N)C(=O)Nc1cccc(C)c1C. The third-order valence-corrected chi connectivity index (χ3v) is 3.95. The average molecular weight is 308 g/mol. The number of aryl methyl sites for hydroxylation is 1. The van der Waals surface area contributed by atoms with E-state index >= 15 is 0 Å². The van der Waals surface area contributed by atoms with Gasteiger partial charge in [-0.3, -0.25) is 4.79 Å². The van der Waals surface area contributed by atoms with E-state index in [4.69, 9.17) is 4.74 Å². The van der Waals surface area contributed by atoms with E-state index in [1.54, 1.807) is 7.11 Å². The molecule has 2 aromatic carbocycles. The maximum atomic E-state index is 12.4. The fourth-order valence-electron chi connectivity index (χ4n) is 2.39. The molecule has 1 atom stereocenters. The molecule has 0 aromatic heterocycles. The van der Waals surface area contributed by atoms with Crippen LogP contribution in [0, 0.1) is 31.1 Å². The fourth-order valence-corrected chi connectivity index (χ4v) is 2.39. The van der Waals surface area contributed by atoms with Crippen molar-refractivity contribution in [1.82, 2.24) is 0 Å². The molecule has 0 spiro atoms. The predicted octanol–water partition coefficient (Wildman–Crippen LogP) is 3.63. The zero-order valence-corrected chi connectivity index (χ0v) is 13.6. The van der Waals surface area contributed by atoms with Crippen LogP contribution in [0.4, 0.5) is 5.69 Å². The molecule has 2 rings (SSSR count). The number of carbonyl (C=O) groups excluding carboxylic acids is 1. The number of anilines is 1. The Bertz CT molecular complexity index is 747. The average Bonchev–Trinajstić information content (AvgIpc) is 2.57. The second-order valence-electron chi connectivity index (χ2n) is 5.43. The Morgan fingerprint density at radius 1 is 1.22 bits per heavy atom. The molecule has 23 heavy (non-hydrogen) atoms. The molecule has 118 valence electrons. The molecule has 1 amide bonds. The highest BCUT2D eigenvalue weighted by atomic mass is 16.5. The van der Waals surface area contributed by atoms with Crippen LogP contribution in [0.15, 0.2) is 42.5 Å². The Balaban J connectivity index is 2.16. The monoisotopic (exact) mass is 308 g/mol. The lowest BCUT2D eigenvalue weighted by Crippen LogP contribution is -2.24. The number of nitrogens with zero attached hydrogens (tertiary/aromatic N) is 1. The van der Waals surface area contributed by atoms with Crippen molar-refractivity contribution in [1.29, 1.82) is 5.26 Å². The highest BCUT2D eigenvalue weighted by Gasteiger charge is 2.21. The van der Waals surface area contributed by atoms with Crippen LogP contribution in [0.2, 0.25) is 0 Å². The molecule has 0 aliphatic rings. The second kappa shape index (κ2) is 7.46. The maximum Gasteiger partial charge on any atom is 0.242 e. The summed E-state index contributed by atoms with van der Waals surface area (Å²) >= 11 is 0. The van der Waals surface area contributed by atoms with Crippen molar-refractivity contribution in [3.05, 3.63) is 59.2 Å². The number of rotatable bonds is 5. The third kappa shape index (κ3) is 3.89. The number of nitrogens with one attached hydrogen (secondary N) is 1. The number of amides is 1. The van der Waals surface area contributed by atoms with Crippen LogP contribution in [-0.2, 0) is 11.2 Å². The zero-order valence-electron chi connectivity index (χ0n) is 13.6. The summed E-state index contributed by atoms with van der Waals surface area (Å²) in [5.74, 6) is -0.384. The van der Waals surface area contributed by atoms with Crippen molar-refractivity contribution in [2.75, 3.05) is 12.4 Å². The van der Waals surface area contributed by atoms with Gasteiger partial charge in [-0.1, -0.05) is 30.3 Å². The minimum atomic E-state index is -0.772. The first kappa shape index (κ1) is 16.6. The smallest absolute Gasteiger partial charge is 0.242 e. The van der Waals surface area contributed by atoms with Crippen LogP contribution in [0.5, 0.6) is 5.75 Å². The summed E-state index contributed by atoms with van der Waals surface area (Å²) in [6.45, 7) is 3.94. The standard InChI is InChI=1S/C19H20N2O2/c1-13-7-6-9-17(14(13)2)21-19(22)16(12-20)11-15-8-4-5-10-18(15)23-3/h4-10,16H,11H2,1-3H3,(H,21,22). The molecule has 0 fully saturated rings. The van der Waals surface area contributed by atoms with Gasteiger partial charge in [0.1, 0.15) is 11.7 Å². The van der Waals surface area contributed by atoms with Gasteiger partial charge in [0.05, 0.1) is 13.2 Å². The molecule has 1 unspecified atom stereocenters. The lowest BCUT2D eigenvalue weighted by atomic mass is 9.98. The van der Waals surface area contributed by atoms with Crippen molar-refractivity contribution in [2.24, 2.45) is 5.92 Å². The number of nitriles is 1. The van der Waals surface area contributed by atoms with Crippen LogP contribution >= 0.6 is 0 Å². The largest absolute Gasteiger partial charge is 0.496 e. The molecule has 0 aliphatic carbocycles. The fraction of sp³-hybridized carbons (Fsp3) is 0.263. The molecule has 1 N–H and O–H groups in total. The topological polar surface area (TPSA) is 62.1 Å². The van der Waals surface area contributed by atoms with Crippen LogP contribution < -0.4 is 10.1 Å². The molecule has 0 heterocycles. The summed E-state index contributed by atoms with van der Waals surface area (Å²) in [6, 6.07) is 15.2. The van der Waals surface area contributed by atoms with Crippen LogP contribution in [-0.4, -0.2) is 13.0 Å². The molecule has 0 saturated heterocycles. The summed E-state index contributed by atoms with van der Waals surface area (Å²) in [6.07, 6.45) is 0.317. The number of carbonyl (C=O) groups is 1. The molecule has 0 radical (unpaired) electrons. The van der Waals surface area contributed by atoms with Gasteiger partial charge in [0.25, 0.3) is 0 Å². The zero-order chi connectivity index (χ0) is 16.8. The molecule has 0 aliphatic heterocycles. The van der Waals surface area contributed by atoms with Gasteiger partial charge in [0.15, 0.2) is 0 Å². The number of hydrogen-bond acceptors (Lipinski definition) is 3. The van der Waals surface area contributed by atoms with Crippen molar-refractivity contribution in [3.8, 4) is 11.8 Å². The van der Waals surface area contributed by atoms with E-state index in [1.807, 2.05) is 56.3 Å². The minimum Gasteiger partial charge on any atom is -0.496 e. The number of para-hydroxylation sites is 1. The molecular formula is C19H20N2O2. The maximum absolute atomic E-state index is 12.4. The van der Waals surface area contributed by atoms with E-state index in [1.165, 1.54) is 0 Å². The molecule has 0 bridgehead atoms. The number of hydrogen-bond donors (Lipinski definition) is 1. The lowest BCUT2D eigenvalue weighted by molar-refractivity contribution is -0.118. The van der Waals surface area contributed by atoms with E-state index in [9.17, 15) is 10.1 Å². The Morgan fingerprint density at radius 3 is 2.65 bits per heavy atom. The van der Waals surface area contributed by atoms with Gasteiger partial charge in [0, 0.05) is 12.1 Å². The van der Waals surface area contributed by atoms with Gasteiger partial charge in [0.2, 0.25) is 5.91 Å². The van der Waals surface area contributed by atoms with Crippen LogP contribution in [0.25, 0.3) is 0 Å². The summed E-state index contributed by atoms with van der Waals surface area (Å²) in [7, 11) is 1.58. The molecule has 4 nitrogen and oxygen atoms in total. The van der Waals surface area contributed by atoms with E-state index in [0.717, 1.165) is 22.4 Å². The summed E-state index contributed by atoms with van der Waals surface area (Å²) in [5.41, 5.74) is 3.70. The quantitative estimate of drug-likeness (QED) is 0.917. The van der Waals surface area contributed by atoms with Gasteiger partial charge in [-0.2, -0.15) is 5.26 Å². The van der Waals surface area contributed by atoms with Crippen molar-refractivity contribution < 1.29 is 9.53 Å². The minimum absolute atomic E-state index is 0.299. The Morgan fingerprint density at radius 2 is 1.96 bits per heavy atom. The number of benzene rings is 2. The first-order valence-corrected chi connectivity index (χ1v) is 7.45. The summed E-state index contributed by atoms with van der Waals surface area (Å²) in [5, 5.41) is 12.2. The molecule has 2 aromatic rings. The lowest BCUT2D eigenvalue weighted by Gasteiger charge is -2.14. The third-order valence-electron chi connectivity index (χ3n) is 3.95. The Hall–Kier alpha value is -2.80. The predicted molar refractivity (Wildman–Crippen MR) is 90.3 cm³/mol. The van der Waals surface area contributed by atoms with Crippen molar-refractivity contribution in [2.45, 2.75) is 20.3 Å². The van der Waals surface area contributed by atoms with E-state index < -0.39 is 5.92 Å². The van der Waals surface area contributed by atoms with E-state index in [0.29, 0.717) is 12.2 Å². The first-order valence-electron chi connectivity index (χ1n) is 7.45. The first-order chi connectivity index (χ1) is 11.1. The van der Waals surface area contributed by atoms with Crippen molar-refractivity contribution in [3.63, 3.8) is 0 Å². The van der Waals surface area contributed by atoms with Crippen LogP contribution in [0.1, 0.15) is 16.7 Å². The summed E-state index contributed by atoms with van der Waals surface area (Å²) < 4.78 is 5.28. The second-order valence-corrected chi connectivity index (χ2v) is 5.43.